The maximum atomic E-state index is 11.9. The molecule has 6 nitrogen and oxygen atoms in total. The Kier molecular flexibility index (Phi) is 5.46. The Hall–Kier alpha value is -2.96. The second-order valence-electron chi connectivity index (χ2n) is 5.83. The molecule has 3 aromatic rings. The Morgan fingerprint density at radius 1 is 1.12 bits per heavy atom. The highest BCUT2D eigenvalue weighted by molar-refractivity contribution is 5.81. The van der Waals surface area contributed by atoms with Gasteiger partial charge in [0, 0.05) is 19.5 Å². The molecule has 1 atom stereocenters. The van der Waals surface area contributed by atoms with Gasteiger partial charge in [-0.3, -0.25) is 10.0 Å². The highest BCUT2D eigenvalue weighted by Gasteiger charge is 2.22. The summed E-state index contributed by atoms with van der Waals surface area (Å²) in [7, 11) is 2.68. The van der Waals surface area contributed by atoms with Crippen molar-refractivity contribution in [2.24, 2.45) is 0 Å². The lowest BCUT2D eigenvalue weighted by Gasteiger charge is -2.18. The Morgan fingerprint density at radius 2 is 1.85 bits per heavy atom. The van der Waals surface area contributed by atoms with Crippen molar-refractivity contribution >= 4 is 16.8 Å². The monoisotopic (exact) mass is 352 g/mol. The van der Waals surface area contributed by atoms with E-state index in [0.29, 0.717) is 23.0 Å². The van der Waals surface area contributed by atoms with Crippen LogP contribution in [-0.2, 0) is 16.1 Å². The number of ether oxygens (including phenoxy) is 2. The van der Waals surface area contributed by atoms with Crippen molar-refractivity contribution < 1.29 is 19.5 Å². The molecular formula is C20H20N2O4. The lowest BCUT2D eigenvalue weighted by Crippen LogP contribution is -2.29. The molecule has 0 saturated heterocycles. The highest BCUT2D eigenvalue weighted by atomic mass is 16.5. The summed E-state index contributed by atoms with van der Waals surface area (Å²) in [5, 5.41) is 10.9. The quantitative estimate of drug-likeness (QED) is 0.544. The summed E-state index contributed by atoms with van der Waals surface area (Å²) in [6, 6.07) is 18.9. The van der Waals surface area contributed by atoms with E-state index in [-0.39, 0.29) is 0 Å². The summed E-state index contributed by atoms with van der Waals surface area (Å²) in [6.45, 7) is 0.343. The van der Waals surface area contributed by atoms with Crippen LogP contribution in [0.1, 0.15) is 17.4 Å². The molecular weight excluding hydrogens is 332 g/mol. The molecule has 0 aliphatic heterocycles. The summed E-state index contributed by atoms with van der Waals surface area (Å²) in [4.78, 5) is 16.5. The molecule has 26 heavy (non-hydrogen) atoms. The molecule has 0 fully saturated rings. The molecule has 0 saturated carbocycles. The van der Waals surface area contributed by atoms with Gasteiger partial charge in [-0.2, -0.15) is 0 Å². The molecule has 0 spiro atoms. The average Bonchev–Trinajstić information content (AvgIpc) is 2.67. The Labute approximate surface area is 151 Å². The molecule has 2 aromatic carbocycles. The number of fused-ring (bicyclic) bond motifs is 1. The van der Waals surface area contributed by atoms with Gasteiger partial charge in [0.25, 0.3) is 5.91 Å². The average molecular weight is 352 g/mol. The number of benzene rings is 2. The van der Waals surface area contributed by atoms with E-state index in [4.69, 9.17) is 9.47 Å². The first kappa shape index (κ1) is 17.8. The topological polar surface area (TPSA) is 71.9 Å². The zero-order valence-electron chi connectivity index (χ0n) is 14.6. The summed E-state index contributed by atoms with van der Waals surface area (Å²) < 4.78 is 10.9. The van der Waals surface area contributed by atoms with Crippen molar-refractivity contribution in [2.75, 3.05) is 14.2 Å². The summed E-state index contributed by atoms with van der Waals surface area (Å²) in [6.07, 6.45) is -0.860. The van der Waals surface area contributed by atoms with Crippen LogP contribution in [-0.4, -0.2) is 35.3 Å². The second-order valence-corrected chi connectivity index (χ2v) is 5.83. The van der Waals surface area contributed by atoms with E-state index >= 15 is 0 Å². The minimum atomic E-state index is -0.860. The van der Waals surface area contributed by atoms with Crippen molar-refractivity contribution in [1.29, 1.82) is 0 Å². The lowest BCUT2D eigenvalue weighted by atomic mass is 10.1. The van der Waals surface area contributed by atoms with E-state index in [1.807, 2.05) is 36.4 Å². The number of pyridine rings is 1. The number of carbonyl (C=O) groups is 1. The number of hydroxylamine groups is 2. The molecule has 134 valence electrons. The lowest BCUT2D eigenvalue weighted by molar-refractivity contribution is -0.171. The number of aromatic nitrogens is 1. The van der Waals surface area contributed by atoms with Gasteiger partial charge in [0.15, 0.2) is 6.10 Å². The van der Waals surface area contributed by atoms with E-state index in [1.54, 1.807) is 24.3 Å². The smallest absolute Gasteiger partial charge is 0.279 e. The minimum Gasteiger partial charge on any atom is -0.487 e. The number of hydrogen-bond donors (Lipinski definition) is 1. The van der Waals surface area contributed by atoms with Gasteiger partial charge in [0.2, 0.25) is 0 Å². The molecule has 0 bridgehead atoms. The summed E-state index contributed by atoms with van der Waals surface area (Å²) in [5.74, 6) is 0.116. The van der Waals surface area contributed by atoms with Crippen molar-refractivity contribution in [3.63, 3.8) is 0 Å². The highest BCUT2D eigenvalue weighted by Crippen LogP contribution is 2.22. The maximum absolute atomic E-state index is 11.9. The van der Waals surface area contributed by atoms with Crippen LogP contribution >= 0.6 is 0 Å². The molecule has 1 amide bonds. The number of amides is 1. The van der Waals surface area contributed by atoms with Crippen LogP contribution in [0.4, 0.5) is 0 Å². The van der Waals surface area contributed by atoms with Crippen LogP contribution in [0.3, 0.4) is 0 Å². The Bertz CT molecular complexity index is 894. The molecule has 3 rings (SSSR count). The number of rotatable bonds is 6. The largest absolute Gasteiger partial charge is 0.487 e. The van der Waals surface area contributed by atoms with Gasteiger partial charge in [-0.25, -0.2) is 10.0 Å². The zero-order chi connectivity index (χ0) is 18.5. The fourth-order valence-electron chi connectivity index (χ4n) is 2.63. The maximum Gasteiger partial charge on any atom is 0.279 e. The molecule has 1 heterocycles. The third-order valence-corrected chi connectivity index (χ3v) is 4.00. The summed E-state index contributed by atoms with van der Waals surface area (Å²) in [5.41, 5.74) is 2.40. The molecule has 1 N–H and O–H groups in total. The van der Waals surface area contributed by atoms with Crippen LogP contribution in [0.15, 0.2) is 60.7 Å². The fourth-order valence-corrected chi connectivity index (χ4v) is 2.63. The first-order valence-electron chi connectivity index (χ1n) is 8.15. The molecule has 1 aromatic heterocycles. The number of likely N-dealkylation sites (N-methyl/N-ethyl adjacent to an activating group) is 1. The van der Waals surface area contributed by atoms with Gasteiger partial charge in [0.1, 0.15) is 12.4 Å². The van der Waals surface area contributed by atoms with E-state index in [2.05, 4.69) is 4.98 Å². The summed E-state index contributed by atoms with van der Waals surface area (Å²) >= 11 is 0. The molecule has 1 unspecified atom stereocenters. The van der Waals surface area contributed by atoms with Gasteiger partial charge in [-0.1, -0.05) is 36.4 Å². The first-order valence-corrected chi connectivity index (χ1v) is 8.15. The van der Waals surface area contributed by atoms with Crippen LogP contribution in [0.2, 0.25) is 0 Å². The first-order chi connectivity index (χ1) is 12.6. The number of para-hydroxylation sites is 1. The predicted octanol–water partition coefficient (Wildman–Crippen LogP) is 3.35. The van der Waals surface area contributed by atoms with Gasteiger partial charge in [-0.05, 0) is 29.8 Å². The molecule has 0 aliphatic carbocycles. The van der Waals surface area contributed by atoms with Gasteiger partial charge in [-0.15, -0.1) is 0 Å². The number of carbonyl (C=O) groups excluding carboxylic acids is 1. The van der Waals surface area contributed by atoms with E-state index < -0.39 is 12.0 Å². The SMILES string of the molecule is COC(C(=O)N(C)O)c1ccc(OCc2ccc3ccccc3n2)cc1. The fraction of sp³-hybridized carbons (Fsp3) is 0.200. The van der Waals surface area contributed by atoms with E-state index in [1.165, 1.54) is 14.2 Å². The van der Waals surface area contributed by atoms with Crippen LogP contribution in [0, 0.1) is 0 Å². The number of nitrogens with zero attached hydrogens (tertiary/aromatic N) is 2. The molecule has 0 aliphatic rings. The molecule has 0 radical (unpaired) electrons. The van der Waals surface area contributed by atoms with Gasteiger partial charge >= 0.3 is 0 Å². The van der Waals surface area contributed by atoms with Crippen molar-refractivity contribution in [2.45, 2.75) is 12.7 Å². The van der Waals surface area contributed by atoms with Crippen molar-refractivity contribution in [3.8, 4) is 5.75 Å². The van der Waals surface area contributed by atoms with Crippen molar-refractivity contribution in [3.05, 3.63) is 71.9 Å². The van der Waals surface area contributed by atoms with Crippen LogP contribution < -0.4 is 4.74 Å². The number of methoxy groups -OCH3 is 1. The second kappa shape index (κ2) is 7.95. The van der Waals surface area contributed by atoms with Crippen molar-refractivity contribution in [1.82, 2.24) is 10.0 Å². The van der Waals surface area contributed by atoms with E-state index in [9.17, 15) is 10.0 Å². The van der Waals surface area contributed by atoms with Gasteiger partial charge in [0.05, 0.1) is 11.2 Å². The van der Waals surface area contributed by atoms with Crippen LogP contribution in [0.25, 0.3) is 10.9 Å². The third kappa shape index (κ3) is 3.99. The predicted molar refractivity (Wildman–Crippen MR) is 96.8 cm³/mol. The van der Waals surface area contributed by atoms with Gasteiger partial charge < -0.3 is 9.47 Å². The normalized spacial score (nSPS) is 12.0. The minimum absolute atomic E-state index is 0.343. The number of hydrogen-bond acceptors (Lipinski definition) is 5. The standard InChI is InChI=1S/C20H20N2O4/c1-22(24)20(23)19(25-2)15-8-11-17(12-9-15)26-13-16-10-7-14-5-3-4-6-18(14)21-16/h3-12,19,24H,13H2,1-2H3. The zero-order valence-corrected chi connectivity index (χ0v) is 14.6. The Balaban J connectivity index is 1.67. The Morgan fingerprint density at radius 3 is 2.54 bits per heavy atom. The van der Waals surface area contributed by atoms with E-state index in [0.717, 1.165) is 16.6 Å². The van der Waals surface area contributed by atoms with Crippen LogP contribution in [0.5, 0.6) is 5.75 Å². The molecule has 6 heteroatoms. The third-order valence-electron chi connectivity index (χ3n) is 4.00.